The molecule has 1 heterocycles. The van der Waals surface area contributed by atoms with Gasteiger partial charge in [-0.1, -0.05) is 15.9 Å². The Balaban J connectivity index is 2.96. The summed E-state index contributed by atoms with van der Waals surface area (Å²) in [6.07, 6.45) is -0.204. The fourth-order valence-electron chi connectivity index (χ4n) is 1.85. The summed E-state index contributed by atoms with van der Waals surface area (Å²) in [5, 5.41) is 0.780. The van der Waals surface area contributed by atoms with E-state index in [0.29, 0.717) is 6.61 Å². The maximum atomic E-state index is 12.1. The molecule has 1 rings (SSSR count). The minimum atomic E-state index is -0.215. The molecule has 16 heavy (non-hydrogen) atoms. The Morgan fingerprint density at radius 1 is 1.38 bits per heavy atom. The molecule has 0 saturated heterocycles. The molecule has 4 heteroatoms. The summed E-state index contributed by atoms with van der Waals surface area (Å²) in [7, 11) is 0. The Bertz CT molecular complexity index is 317. The number of rotatable bonds is 3. The van der Waals surface area contributed by atoms with Crippen molar-refractivity contribution in [2.24, 2.45) is 0 Å². The number of carbonyl (C=O) groups is 1. The fourth-order valence-corrected chi connectivity index (χ4v) is 2.03. The van der Waals surface area contributed by atoms with Crippen molar-refractivity contribution in [3.05, 3.63) is 11.1 Å². The lowest BCUT2D eigenvalue weighted by Crippen LogP contribution is -2.49. The molecule has 0 bridgehead atoms. The molecule has 0 unspecified atom stereocenters. The third-order valence-electron chi connectivity index (χ3n) is 2.81. The number of carbonyl (C=O) groups excluding carboxylic acids is 1. The van der Waals surface area contributed by atoms with Crippen LogP contribution in [0.15, 0.2) is 11.1 Å². The zero-order chi connectivity index (χ0) is 12.5. The molecule has 0 aromatic rings. The van der Waals surface area contributed by atoms with Gasteiger partial charge < -0.3 is 9.64 Å². The van der Waals surface area contributed by atoms with Gasteiger partial charge in [-0.2, -0.15) is 0 Å². The second-order valence-electron chi connectivity index (χ2n) is 5.07. The largest absolute Gasteiger partial charge is 0.353 e. The van der Waals surface area contributed by atoms with Crippen molar-refractivity contribution in [1.82, 2.24) is 4.90 Å². The van der Waals surface area contributed by atoms with E-state index < -0.39 is 0 Å². The average molecular weight is 290 g/mol. The number of alkyl halides is 1. The van der Waals surface area contributed by atoms with E-state index in [9.17, 15) is 4.79 Å². The van der Waals surface area contributed by atoms with Crippen LogP contribution < -0.4 is 0 Å². The highest BCUT2D eigenvalue weighted by Gasteiger charge is 2.41. The van der Waals surface area contributed by atoms with E-state index in [4.69, 9.17) is 4.74 Å². The van der Waals surface area contributed by atoms with Gasteiger partial charge >= 0.3 is 0 Å². The van der Waals surface area contributed by atoms with Crippen LogP contribution >= 0.6 is 15.9 Å². The van der Waals surface area contributed by atoms with E-state index in [1.54, 1.807) is 0 Å². The smallest absolute Gasteiger partial charge is 0.252 e. The van der Waals surface area contributed by atoms with E-state index in [1.807, 2.05) is 39.5 Å². The van der Waals surface area contributed by atoms with Gasteiger partial charge in [0.15, 0.2) is 6.23 Å². The molecule has 0 saturated carbocycles. The van der Waals surface area contributed by atoms with Crippen LogP contribution in [0.4, 0.5) is 0 Å². The Hall–Kier alpha value is -0.350. The number of halogens is 1. The van der Waals surface area contributed by atoms with Gasteiger partial charge in [0.25, 0.3) is 5.91 Å². The average Bonchev–Trinajstić information content (AvgIpc) is 2.39. The summed E-state index contributed by atoms with van der Waals surface area (Å²) >= 11 is 3.33. The first-order valence-corrected chi connectivity index (χ1v) is 6.61. The summed E-state index contributed by atoms with van der Waals surface area (Å²) in [6, 6.07) is 0. The van der Waals surface area contributed by atoms with Crippen LogP contribution in [0.2, 0.25) is 0 Å². The maximum absolute atomic E-state index is 12.1. The van der Waals surface area contributed by atoms with Gasteiger partial charge in [-0.05, 0) is 40.2 Å². The minimum absolute atomic E-state index is 0.0876. The highest BCUT2D eigenvalue weighted by atomic mass is 79.9. The molecule has 0 aromatic heterocycles. The molecule has 1 aliphatic rings. The van der Waals surface area contributed by atoms with Crippen LogP contribution in [0.3, 0.4) is 0 Å². The number of ether oxygens (including phenoxy) is 1. The van der Waals surface area contributed by atoms with Crippen LogP contribution in [0, 0.1) is 0 Å². The van der Waals surface area contributed by atoms with Gasteiger partial charge in [0.1, 0.15) is 0 Å². The maximum Gasteiger partial charge on any atom is 0.252 e. The number of hydrogen-bond donors (Lipinski definition) is 0. The van der Waals surface area contributed by atoms with Crippen molar-refractivity contribution in [1.29, 1.82) is 0 Å². The quantitative estimate of drug-likeness (QED) is 0.748. The van der Waals surface area contributed by atoms with E-state index in [-0.39, 0.29) is 17.7 Å². The van der Waals surface area contributed by atoms with Crippen molar-refractivity contribution in [2.45, 2.75) is 46.4 Å². The molecular formula is C12H20BrNO2. The predicted molar refractivity (Wildman–Crippen MR) is 68.5 cm³/mol. The first kappa shape index (κ1) is 13.7. The van der Waals surface area contributed by atoms with Gasteiger partial charge in [0.05, 0.1) is 6.61 Å². The molecule has 1 aliphatic heterocycles. The summed E-state index contributed by atoms with van der Waals surface area (Å²) in [4.78, 5) is 13.9. The fraction of sp³-hybridized carbons (Fsp3) is 0.750. The van der Waals surface area contributed by atoms with Gasteiger partial charge in [-0.25, -0.2) is 0 Å². The summed E-state index contributed by atoms with van der Waals surface area (Å²) in [6.45, 7) is 10.5. The highest BCUT2D eigenvalue weighted by molar-refractivity contribution is 9.09. The molecule has 0 spiro atoms. The van der Waals surface area contributed by atoms with Crippen LogP contribution in [-0.4, -0.2) is 34.5 Å². The topological polar surface area (TPSA) is 29.5 Å². The third kappa shape index (κ3) is 2.48. The van der Waals surface area contributed by atoms with Gasteiger partial charge in [-0.15, -0.1) is 0 Å². The van der Waals surface area contributed by atoms with Crippen molar-refractivity contribution in [3.63, 3.8) is 0 Å². The van der Waals surface area contributed by atoms with Crippen molar-refractivity contribution in [3.8, 4) is 0 Å². The van der Waals surface area contributed by atoms with Crippen LogP contribution in [0.1, 0.15) is 34.6 Å². The van der Waals surface area contributed by atoms with Crippen LogP contribution in [-0.2, 0) is 9.53 Å². The molecule has 92 valence electrons. The SMILES string of the molecule is CC1=C(C)[C@H](OCCBr)N(C(C)(C)C)C1=O. The summed E-state index contributed by atoms with van der Waals surface area (Å²) in [5.41, 5.74) is 1.63. The standard InChI is InChI=1S/C12H20BrNO2/c1-8-9(2)11(16-7-6-13)14(10(8)15)12(3,4)5/h11H,6-7H2,1-5H3/t11-/m0/s1. The molecule has 3 nitrogen and oxygen atoms in total. The highest BCUT2D eigenvalue weighted by Crippen LogP contribution is 2.32. The number of amides is 1. The van der Waals surface area contributed by atoms with Crippen molar-refractivity contribution >= 4 is 21.8 Å². The van der Waals surface area contributed by atoms with E-state index in [2.05, 4.69) is 15.9 Å². The Morgan fingerprint density at radius 3 is 2.38 bits per heavy atom. The first-order chi connectivity index (χ1) is 7.30. The lowest BCUT2D eigenvalue weighted by Gasteiger charge is -2.37. The lowest BCUT2D eigenvalue weighted by atomic mass is 10.1. The number of hydrogen-bond acceptors (Lipinski definition) is 2. The monoisotopic (exact) mass is 289 g/mol. The molecule has 1 amide bonds. The minimum Gasteiger partial charge on any atom is -0.353 e. The van der Waals surface area contributed by atoms with Crippen LogP contribution in [0.5, 0.6) is 0 Å². The Morgan fingerprint density at radius 2 is 1.94 bits per heavy atom. The summed E-state index contributed by atoms with van der Waals surface area (Å²) < 4.78 is 5.74. The molecular weight excluding hydrogens is 270 g/mol. The second-order valence-corrected chi connectivity index (χ2v) is 5.86. The van der Waals surface area contributed by atoms with E-state index in [1.165, 1.54) is 0 Å². The number of nitrogens with zero attached hydrogens (tertiary/aromatic N) is 1. The third-order valence-corrected chi connectivity index (χ3v) is 3.14. The van der Waals surface area contributed by atoms with E-state index in [0.717, 1.165) is 16.5 Å². The Kier molecular flexibility index (Phi) is 4.18. The zero-order valence-corrected chi connectivity index (χ0v) is 12.2. The van der Waals surface area contributed by atoms with Crippen molar-refractivity contribution < 1.29 is 9.53 Å². The molecule has 0 aromatic carbocycles. The van der Waals surface area contributed by atoms with Crippen molar-refractivity contribution in [2.75, 3.05) is 11.9 Å². The van der Waals surface area contributed by atoms with Gasteiger partial charge in [0, 0.05) is 16.4 Å². The van der Waals surface area contributed by atoms with Gasteiger partial charge in [-0.3, -0.25) is 4.79 Å². The molecule has 0 radical (unpaired) electrons. The lowest BCUT2D eigenvalue weighted by molar-refractivity contribution is -0.143. The second kappa shape index (κ2) is 4.88. The van der Waals surface area contributed by atoms with E-state index >= 15 is 0 Å². The molecule has 1 atom stereocenters. The van der Waals surface area contributed by atoms with Gasteiger partial charge in [0.2, 0.25) is 0 Å². The normalized spacial score (nSPS) is 22.2. The zero-order valence-electron chi connectivity index (χ0n) is 10.6. The molecule has 0 N–H and O–H groups in total. The molecule has 0 fully saturated rings. The summed E-state index contributed by atoms with van der Waals surface area (Å²) in [5.74, 6) is 0.0876. The van der Waals surface area contributed by atoms with Crippen LogP contribution in [0.25, 0.3) is 0 Å². The predicted octanol–water partition coefficient (Wildman–Crippen LogP) is 2.70. The Labute approximate surface area is 106 Å². The molecule has 0 aliphatic carbocycles. The first-order valence-electron chi connectivity index (χ1n) is 5.49.